The molecule has 29 heavy (non-hydrogen) atoms. The molecule has 2 heteroatoms. The van der Waals surface area contributed by atoms with Crippen LogP contribution in [0.15, 0.2) is 121 Å². The molecule has 0 atom stereocenters. The van der Waals surface area contributed by atoms with Crippen molar-refractivity contribution in [2.24, 2.45) is 7.05 Å². The second-order valence-electron chi connectivity index (χ2n) is 7.35. The first kappa shape index (κ1) is 17.9. The molecule has 0 amide bonds. The fourth-order valence-corrected chi connectivity index (χ4v) is 8.60. The Morgan fingerprint density at radius 1 is 0.517 bits per heavy atom. The van der Waals surface area contributed by atoms with Crippen LogP contribution < -0.4 is 21.2 Å². The molecular weight excluding hydrogens is 369 g/mol. The van der Waals surface area contributed by atoms with E-state index in [2.05, 4.69) is 133 Å². The molecule has 0 unspecified atom stereocenters. The Kier molecular flexibility index (Phi) is 4.54. The Labute approximate surface area is 172 Å². The van der Waals surface area contributed by atoms with Crippen molar-refractivity contribution in [3.05, 3.63) is 121 Å². The number of nitrogens with zero attached hydrogens (tertiary/aromatic N) is 1. The van der Waals surface area contributed by atoms with Crippen LogP contribution in [-0.4, -0.2) is 4.57 Å². The molecule has 1 aromatic heterocycles. The Hall–Kier alpha value is -3.15. The van der Waals surface area contributed by atoms with E-state index in [4.69, 9.17) is 0 Å². The van der Waals surface area contributed by atoms with Gasteiger partial charge in [-0.2, -0.15) is 0 Å². The van der Waals surface area contributed by atoms with Gasteiger partial charge in [0.05, 0.1) is 0 Å². The third-order valence-electron chi connectivity index (χ3n) is 5.69. The van der Waals surface area contributed by atoms with E-state index in [-0.39, 0.29) is 0 Å². The average molecular weight is 392 g/mol. The normalized spacial score (nSPS) is 11.6. The predicted molar refractivity (Wildman–Crippen MR) is 128 cm³/mol. The second-order valence-corrected chi connectivity index (χ2v) is 10.8. The largest absolute Gasteiger partial charge is 0.351 e. The first-order valence-corrected chi connectivity index (χ1v) is 11.7. The summed E-state index contributed by atoms with van der Waals surface area (Å²) in [5.74, 6) is 0. The first-order valence-electron chi connectivity index (χ1n) is 9.92. The zero-order valence-corrected chi connectivity index (χ0v) is 17.3. The Morgan fingerprint density at radius 3 is 1.48 bits per heavy atom. The second kappa shape index (κ2) is 7.35. The minimum absolute atomic E-state index is 1.26. The molecule has 0 radical (unpaired) electrons. The van der Waals surface area contributed by atoms with Crippen LogP contribution in [0.1, 0.15) is 0 Å². The van der Waals surface area contributed by atoms with Gasteiger partial charge in [-0.3, -0.25) is 0 Å². The van der Waals surface area contributed by atoms with Crippen molar-refractivity contribution in [2.75, 3.05) is 0 Å². The van der Waals surface area contributed by atoms with Crippen LogP contribution in [0.25, 0.3) is 10.9 Å². The van der Waals surface area contributed by atoms with Gasteiger partial charge in [-0.15, -0.1) is 0 Å². The Bertz CT molecular complexity index is 1140. The van der Waals surface area contributed by atoms with Crippen LogP contribution in [0.5, 0.6) is 0 Å². The van der Waals surface area contributed by atoms with Crippen molar-refractivity contribution in [3.63, 3.8) is 0 Å². The van der Waals surface area contributed by atoms with Gasteiger partial charge in [0.15, 0.2) is 0 Å². The van der Waals surface area contributed by atoms with Crippen molar-refractivity contribution in [1.29, 1.82) is 0 Å². The minimum Gasteiger partial charge on any atom is -0.351 e. The Balaban J connectivity index is 1.91. The monoisotopic (exact) mass is 392 g/mol. The average Bonchev–Trinajstić information content (AvgIpc) is 3.17. The smallest absolute Gasteiger partial charge is 0.144 e. The van der Waals surface area contributed by atoms with E-state index in [1.807, 2.05) is 0 Å². The summed E-state index contributed by atoms with van der Waals surface area (Å²) in [6.07, 6.45) is 2.14. The molecule has 0 N–H and O–H groups in total. The lowest BCUT2D eigenvalue weighted by atomic mass is 10.2. The van der Waals surface area contributed by atoms with Gasteiger partial charge in [-0.05, 0) is 60.7 Å². The highest BCUT2D eigenvalue weighted by atomic mass is 31.2. The highest BCUT2D eigenvalue weighted by molar-refractivity contribution is 8.01. The van der Waals surface area contributed by atoms with Crippen molar-refractivity contribution in [3.8, 4) is 0 Å². The maximum atomic E-state index is 2.40. The van der Waals surface area contributed by atoms with Gasteiger partial charge in [-0.25, -0.2) is 0 Å². The highest BCUT2D eigenvalue weighted by Gasteiger charge is 2.47. The summed E-state index contributed by atoms with van der Waals surface area (Å²) in [6, 6.07) is 42.3. The maximum Gasteiger partial charge on any atom is 0.144 e. The van der Waals surface area contributed by atoms with Crippen LogP contribution in [-0.2, 0) is 7.05 Å². The number of benzene rings is 4. The van der Waals surface area contributed by atoms with Crippen LogP contribution in [0.3, 0.4) is 0 Å². The van der Waals surface area contributed by atoms with E-state index >= 15 is 0 Å². The lowest BCUT2D eigenvalue weighted by Crippen LogP contribution is -2.38. The van der Waals surface area contributed by atoms with Crippen molar-refractivity contribution in [1.82, 2.24) is 4.57 Å². The minimum atomic E-state index is -2.01. The molecule has 5 rings (SSSR count). The molecule has 0 bridgehead atoms. The third-order valence-corrected chi connectivity index (χ3v) is 9.96. The fraction of sp³-hybridized carbons (Fsp3) is 0.0370. The van der Waals surface area contributed by atoms with Gasteiger partial charge in [-0.1, -0.05) is 54.6 Å². The molecule has 1 heterocycles. The van der Waals surface area contributed by atoms with Gasteiger partial charge >= 0.3 is 0 Å². The highest BCUT2D eigenvalue weighted by Crippen LogP contribution is 2.54. The number of rotatable bonds is 4. The summed E-state index contributed by atoms with van der Waals surface area (Å²) in [6.45, 7) is 0. The lowest BCUT2D eigenvalue weighted by Gasteiger charge is -2.27. The molecule has 0 aliphatic heterocycles. The van der Waals surface area contributed by atoms with E-state index in [9.17, 15) is 0 Å². The molecule has 1 nitrogen and oxygen atoms in total. The van der Waals surface area contributed by atoms with Gasteiger partial charge in [0.1, 0.15) is 28.5 Å². The summed E-state index contributed by atoms with van der Waals surface area (Å²) >= 11 is 0. The molecule has 5 aromatic rings. The molecule has 0 aliphatic carbocycles. The number of fused-ring (bicyclic) bond motifs is 1. The Morgan fingerprint density at radius 2 is 1.00 bits per heavy atom. The zero-order valence-electron chi connectivity index (χ0n) is 16.4. The third kappa shape index (κ3) is 2.90. The van der Waals surface area contributed by atoms with E-state index in [0.29, 0.717) is 0 Å². The van der Waals surface area contributed by atoms with Crippen molar-refractivity contribution in [2.45, 2.75) is 0 Å². The molecule has 4 aromatic carbocycles. The van der Waals surface area contributed by atoms with E-state index in [0.717, 1.165) is 0 Å². The summed E-state index contributed by atoms with van der Waals surface area (Å²) in [5.41, 5.74) is 1.26. The quantitative estimate of drug-likeness (QED) is 0.387. The van der Waals surface area contributed by atoms with Gasteiger partial charge in [0, 0.05) is 24.1 Å². The van der Waals surface area contributed by atoms with E-state index < -0.39 is 7.26 Å². The summed E-state index contributed by atoms with van der Waals surface area (Å²) in [7, 11) is 0.0972. The molecule has 0 saturated heterocycles. The first-order chi connectivity index (χ1) is 14.3. The van der Waals surface area contributed by atoms with Crippen LogP contribution in [0, 0.1) is 0 Å². The van der Waals surface area contributed by atoms with Crippen LogP contribution >= 0.6 is 7.26 Å². The molecule has 0 fully saturated rings. The van der Waals surface area contributed by atoms with Crippen molar-refractivity contribution < 1.29 is 0 Å². The van der Waals surface area contributed by atoms with Crippen LogP contribution in [0.4, 0.5) is 0 Å². The summed E-state index contributed by atoms with van der Waals surface area (Å²) < 4.78 is 2.19. The molecule has 0 aliphatic rings. The van der Waals surface area contributed by atoms with E-state index in [1.165, 1.54) is 32.1 Å². The SMILES string of the molecule is Cn1ccc2cc([P+](c3ccccc3)(c3ccccc3)c3ccccc3)ccc21. The predicted octanol–water partition coefficient (Wildman–Crippen LogP) is 4.80. The molecular formula is C27H23NP+. The molecule has 0 saturated carbocycles. The maximum absolute atomic E-state index is 2.40. The van der Waals surface area contributed by atoms with Gasteiger partial charge in [0.25, 0.3) is 0 Å². The zero-order chi connectivity index (χ0) is 19.7. The molecule has 140 valence electrons. The van der Waals surface area contributed by atoms with Crippen LogP contribution in [0.2, 0.25) is 0 Å². The van der Waals surface area contributed by atoms with Crippen molar-refractivity contribution >= 4 is 39.4 Å². The number of hydrogen-bond donors (Lipinski definition) is 0. The summed E-state index contributed by atoms with van der Waals surface area (Å²) in [5, 5.41) is 6.82. The standard InChI is InChI=1S/C27H23NP/c1-28-20-19-22-21-26(17-18-27(22)28)29(23-11-5-2-6-12-23,24-13-7-3-8-14-24)25-15-9-4-10-16-25/h2-21H,1H3/q+1. The van der Waals surface area contributed by atoms with Gasteiger partial charge in [0.2, 0.25) is 0 Å². The lowest BCUT2D eigenvalue weighted by molar-refractivity contribution is 0.969. The number of aromatic nitrogens is 1. The van der Waals surface area contributed by atoms with Gasteiger partial charge < -0.3 is 4.57 Å². The summed E-state index contributed by atoms with van der Waals surface area (Å²) in [4.78, 5) is 0. The fourth-order valence-electron chi connectivity index (χ4n) is 4.33. The topological polar surface area (TPSA) is 4.93 Å². The number of hydrogen-bond acceptors (Lipinski definition) is 0. The molecule has 0 spiro atoms. The van der Waals surface area contributed by atoms with E-state index in [1.54, 1.807) is 0 Å². The number of aryl methyl sites for hydroxylation is 1.